The van der Waals surface area contributed by atoms with Gasteiger partial charge in [0.05, 0.1) is 25.4 Å². The third kappa shape index (κ3) is 29.3. The van der Waals surface area contributed by atoms with Crippen molar-refractivity contribution in [2.45, 2.75) is 249 Å². The predicted molar refractivity (Wildman–Crippen MR) is 235 cm³/mol. The van der Waals surface area contributed by atoms with Gasteiger partial charge in [0.15, 0.2) is 6.29 Å². The smallest absolute Gasteiger partial charge is 0.220 e. The fourth-order valence-corrected chi connectivity index (χ4v) is 7.36. The van der Waals surface area contributed by atoms with Crippen LogP contribution in [0.1, 0.15) is 206 Å². The highest BCUT2D eigenvalue weighted by molar-refractivity contribution is 5.76. The summed E-state index contributed by atoms with van der Waals surface area (Å²) in [6.45, 7) is 3.75. The second-order valence-electron chi connectivity index (χ2n) is 16.5. The summed E-state index contributed by atoms with van der Waals surface area (Å²) in [4.78, 5) is 13.0. The second kappa shape index (κ2) is 38.6. The Morgan fingerprint density at radius 3 is 1.47 bits per heavy atom. The molecule has 0 spiro atoms. The maximum Gasteiger partial charge on any atom is 0.220 e. The summed E-state index contributed by atoms with van der Waals surface area (Å²) in [5.74, 6) is -0.190. The van der Waals surface area contributed by atoms with E-state index in [-0.39, 0.29) is 12.5 Å². The summed E-state index contributed by atoms with van der Waals surface area (Å²) in [6, 6.07) is -0.824. The lowest BCUT2D eigenvalue weighted by Gasteiger charge is -2.40. The standard InChI is InChI=1S/C48H89NO8/c1-3-5-7-9-11-13-15-17-19-21-22-24-26-28-30-32-34-36-38-44(52)49-41(40-56-48-47(55)46(54)45(53)43(39-50)57-48)42(51)37-35-33-31-29-27-25-23-20-18-16-14-12-10-8-6-4-2/h18,20,27,29,35,37,41-43,45-48,50-51,53-55H,3-17,19,21-26,28,30-34,36,38-40H2,1-2H3,(H,49,52)/b20-18+,29-27+,37-35+. The molecule has 0 aliphatic carbocycles. The molecule has 7 unspecified atom stereocenters. The lowest BCUT2D eigenvalue weighted by Crippen LogP contribution is -2.60. The lowest BCUT2D eigenvalue weighted by atomic mass is 9.99. The van der Waals surface area contributed by atoms with E-state index in [2.05, 4.69) is 43.5 Å². The van der Waals surface area contributed by atoms with Crippen LogP contribution in [0.15, 0.2) is 36.5 Å². The molecule has 334 valence electrons. The molecule has 6 N–H and O–H groups in total. The van der Waals surface area contributed by atoms with Crippen LogP contribution in [0.3, 0.4) is 0 Å². The van der Waals surface area contributed by atoms with Crippen LogP contribution in [-0.2, 0) is 14.3 Å². The van der Waals surface area contributed by atoms with Gasteiger partial charge in [0.2, 0.25) is 5.91 Å². The summed E-state index contributed by atoms with van der Waals surface area (Å²) in [5, 5.41) is 54.2. The van der Waals surface area contributed by atoms with Gasteiger partial charge in [-0.25, -0.2) is 0 Å². The molecule has 0 aromatic heterocycles. The molecular weight excluding hydrogens is 719 g/mol. The van der Waals surface area contributed by atoms with E-state index in [1.54, 1.807) is 6.08 Å². The minimum atomic E-state index is -1.57. The van der Waals surface area contributed by atoms with Crippen molar-refractivity contribution in [1.82, 2.24) is 5.32 Å². The molecule has 1 aliphatic heterocycles. The van der Waals surface area contributed by atoms with E-state index in [9.17, 15) is 30.3 Å². The van der Waals surface area contributed by atoms with Crippen molar-refractivity contribution < 1.29 is 39.8 Å². The lowest BCUT2D eigenvalue weighted by molar-refractivity contribution is -0.302. The Kier molecular flexibility index (Phi) is 36.2. The zero-order valence-electron chi connectivity index (χ0n) is 36.6. The molecule has 0 bridgehead atoms. The summed E-state index contributed by atoms with van der Waals surface area (Å²) >= 11 is 0. The molecule has 1 aliphatic rings. The Labute approximate surface area is 349 Å². The second-order valence-corrected chi connectivity index (χ2v) is 16.5. The van der Waals surface area contributed by atoms with Gasteiger partial charge in [0, 0.05) is 6.42 Å². The Hall–Kier alpha value is -1.59. The molecule has 7 atom stereocenters. The number of carbonyl (C=O) groups is 1. The van der Waals surface area contributed by atoms with Crippen LogP contribution in [0.2, 0.25) is 0 Å². The monoisotopic (exact) mass is 808 g/mol. The number of rotatable bonds is 39. The Bertz CT molecular complexity index is 987. The van der Waals surface area contributed by atoms with Gasteiger partial charge in [-0.05, 0) is 44.9 Å². The molecule has 9 heteroatoms. The minimum Gasteiger partial charge on any atom is -0.394 e. The van der Waals surface area contributed by atoms with Crippen LogP contribution < -0.4 is 5.32 Å². The number of allylic oxidation sites excluding steroid dienone is 5. The van der Waals surface area contributed by atoms with Crippen molar-refractivity contribution in [1.29, 1.82) is 0 Å². The molecule has 1 amide bonds. The predicted octanol–water partition coefficient (Wildman–Crippen LogP) is 10.1. The van der Waals surface area contributed by atoms with Crippen LogP contribution in [0.4, 0.5) is 0 Å². The minimum absolute atomic E-state index is 0.190. The van der Waals surface area contributed by atoms with E-state index < -0.39 is 49.5 Å². The van der Waals surface area contributed by atoms with Gasteiger partial charge < -0.3 is 40.3 Å². The van der Waals surface area contributed by atoms with Gasteiger partial charge in [0.25, 0.3) is 0 Å². The van der Waals surface area contributed by atoms with Crippen LogP contribution in [0.25, 0.3) is 0 Å². The molecular formula is C48H89NO8. The molecule has 0 aromatic rings. The number of aliphatic hydroxyl groups excluding tert-OH is 5. The molecule has 0 saturated carbocycles. The fraction of sp³-hybridized carbons (Fsp3) is 0.854. The van der Waals surface area contributed by atoms with Gasteiger partial charge in [0.1, 0.15) is 24.4 Å². The Morgan fingerprint density at radius 1 is 0.579 bits per heavy atom. The molecule has 1 saturated heterocycles. The summed E-state index contributed by atoms with van der Waals surface area (Å²) in [5.41, 5.74) is 0. The summed E-state index contributed by atoms with van der Waals surface area (Å²) in [7, 11) is 0. The van der Waals surface area contributed by atoms with Crippen molar-refractivity contribution in [3.05, 3.63) is 36.5 Å². The third-order valence-corrected chi connectivity index (χ3v) is 11.2. The van der Waals surface area contributed by atoms with E-state index in [4.69, 9.17) is 9.47 Å². The summed E-state index contributed by atoms with van der Waals surface area (Å²) < 4.78 is 11.2. The first kappa shape index (κ1) is 53.4. The van der Waals surface area contributed by atoms with Crippen LogP contribution >= 0.6 is 0 Å². The van der Waals surface area contributed by atoms with Gasteiger partial charge in [-0.15, -0.1) is 0 Å². The molecule has 1 fully saturated rings. The molecule has 1 heterocycles. The largest absolute Gasteiger partial charge is 0.394 e. The topological polar surface area (TPSA) is 149 Å². The number of hydrogen-bond donors (Lipinski definition) is 6. The van der Waals surface area contributed by atoms with E-state index in [1.807, 2.05) is 6.08 Å². The van der Waals surface area contributed by atoms with Crippen LogP contribution in [0.5, 0.6) is 0 Å². The first-order chi connectivity index (χ1) is 27.8. The molecule has 9 nitrogen and oxygen atoms in total. The van der Waals surface area contributed by atoms with E-state index in [1.165, 1.54) is 135 Å². The highest BCUT2D eigenvalue weighted by Gasteiger charge is 2.44. The van der Waals surface area contributed by atoms with Gasteiger partial charge in [-0.3, -0.25) is 4.79 Å². The average molecular weight is 808 g/mol. The quantitative estimate of drug-likeness (QED) is 0.0266. The van der Waals surface area contributed by atoms with Crippen molar-refractivity contribution in [3.63, 3.8) is 0 Å². The number of unbranched alkanes of at least 4 members (excludes halogenated alkanes) is 25. The average Bonchev–Trinajstić information content (AvgIpc) is 3.21. The normalized spacial score (nSPS) is 21.3. The number of carbonyl (C=O) groups excluding carboxylic acids is 1. The molecule has 57 heavy (non-hydrogen) atoms. The SMILES string of the molecule is CCCCCCCC/C=C/CC/C=C/CC/C=C/C(O)C(COC1OC(CO)C(O)C(O)C1O)NC(=O)CCCCCCCCCCCCCCCCCCCC. The highest BCUT2D eigenvalue weighted by Crippen LogP contribution is 2.22. The molecule has 0 aromatic carbocycles. The highest BCUT2D eigenvalue weighted by atomic mass is 16.7. The van der Waals surface area contributed by atoms with Crippen LogP contribution in [0, 0.1) is 0 Å². The Balaban J connectivity index is 2.37. The number of aliphatic hydroxyl groups is 5. The fourth-order valence-electron chi connectivity index (χ4n) is 7.36. The van der Waals surface area contributed by atoms with Crippen molar-refractivity contribution >= 4 is 5.91 Å². The zero-order valence-corrected chi connectivity index (χ0v) is 36.6. The number of ether oxygens (including phenoxy) is 2. The number of amides is 1. The van der Waals surface area contributed by atoms with Gasteiger partial charge >= 0.3 is 0 Å². The van der Waals surface area contributed by atoms with E-state index in [0.717, 1.165) is 51.4 Å². The first-order valence-corrected chi connectivity index (χ1v) is 23.7. The molecule has 1 rings (SSSR count). The van der Waals surface area contributed by atoms with Crippen LogP contribution in [-0.4, -0.2) is 87.5 Å². The summed E-state index contributed by atoms with van der Waals surface area (Å²) in [6.07, 6.45) is 40.4. The maximum absolute atomic E-state index is 13.0. The van der Waals surface area contributed by atoms with Gasteiger partial charge in [-0.2, -0.15) is 0 Å². The van der Waals surface area contributed by atoms with Crippen molar-refractivity contribution in [2.24, 2.45) is 0 Å². The van der Waals surface area contributed by atoms with Gasteiger partial charge in [-0.1, -0.05) is 192 Å². The van der Waals surface area contributed by atoms with Crippen molar-refractivity contribution in [3.8, 4) is 0 Å². The maximum atomic E-state index is 13.0. The zero-order chi connectivity index (χ0) is 41.6. The number of nitrogens with one attached hydrogen (secondary N) is 1. The molecule has 0 radical (unpaired) electrons. The van der Waals surface area contributed by atoms with E-state index in [0.29, 0.717) is 6.42 Å². The number of hydrogen-bond acceptors (Lipinski definition) is 8. The van der Waals surface area contributed by atoms with E-state index >= 15 is 0 Å². The third-order valence-electron chi connectivity index (χ3n) is 11.2. The Morgan fingerprint density at radius 2 is 1.00 bits per heavy atom. The van der Waals surface area contributed by atoms with Crippen molar-refractivity contribution in [2.75, 3.05) is 13.2 Å². The first-order valence-electron chi connectivity index (χ1n) is 23.7.